The van der Waals surface area contributed by atoms with Gasteiger partial charge in [-0.2, -0.15) is 0 Å². The molecule has 2 N–H and O–H groups in total. The molecule has 20 heavy (non-hydrogen) atoms. The third-order valence-electron chi connectivity index (χ3n) is 2.83. The Morgan fingerprint density at radius 2 is 1.45 bits per heavy atom. The van der Waals surface area contributed by atoms with Crippen LogP contribution in [0.4, 0.5) is 11.4 Å². The highest BCUT2D eigenvalue weighted by Gasteiger charge is 2.01. The third kappa shape index (κ3) is 3.96. The first-order valence-electron chi connectivity index (χ1n) is 6.37. The maximum atomic E-state index is 5.31. The first-order chi connectivity index (χ1) is 9.56. The Morgan fingerprint density at radius 3 is 2.00 bits per heavy atom. The lowest BCUT2D eigenvalue weighted by atomic mass is 10.1. The molecule has 0 aromatic heterocycles. The number of nitrogens with one attached hydrogen (secondary N) is 2. The molecule has 0 bridgehead atoms. The minimum atomic E-state index is 0.570. The van der Waals surface area contributed by atoms with E-state index in [9.17, 15) is 0 Å². The molecule has 0 saturated carbocycles. The van der Waals surface area contributed by atoms with E-state index in [0.717, 1.165) is 17.1 Å². The van der Waals surface area contributed by atoms with Crippen molar-refractivity contribution in [3.8, 4) is 5.75 Å². The Balaban J connectivity index is 2.01. The lowest BCUT2D eigenvalue weighted by Gasteiger charge is -2.12. The van der Waals surface area contributed by atoms with Crippen molar-refractivity contribution in [2.45, 2.75) is 13.8 Å². The highest BCUT2D eigenvalue weighted by Crippen LogP contribution is 2.17. The minimum absolute atomic E-state index is 0.570. The lowest BCUT2D eigenvalue weighted by molar-refractivity contribution is 0.415. The van der Waals surface area contributed by atoms with E-state index in [1.165, 1.54) is 11.1 Å². The van der Waals surface area contributed by atoms with Crippen LogP contribution in [0.3, 0.4) is 0 Å². The van der Waals surface area contributed by atoms with Crippen LogP contribution in [-0.4, -0.2) is 12.2 Å². The summed E-state index contributed by atoms with van der Waals surface area (Å²) in [5, 5.41) is 6.90. The van der Waals surface area contributed by atoms with Crippen molar-refractivity contribution in [3.63, 3.8) is 0 Å². The fourth-order valence-corrected chi connectivity index (χ4v) is 2.25. The number of methoxy groups -OCH3 is 1. The molecule has 0 fully saturated rings. The summed E-state index contributed by atoms with van der Waals surface area (Å²) in [7, 11) is 1.65. The van der Waals surface area contributed by atoms with Crippen LogP contribution in [0.1, 0.15) is 11.1 Å². The second-order valence-electron chi connectivity index (χ2n) is 4.68. The Morgan fingerprint density at radius 1 is 0.900 bits per heavy atom. The van der Waals surface area contributed by atoms with Gasteiger partial charge in [0.1, 0.15) is 5.75 Å². The highest BCUT2D eigenvalue weighted by molar-refractivity contribution is 7.80. The molecule has 2 aromatic rings. The summed E-state index contributed by atoms with van der Waals surface area (Å²) >= 11 is 5.31. The number of thiocarbonyl (C=S) groups is 1. The fraction of sp³-hybridized carbons (Fsp3) is 0.188. The smallest absolute Gasteiger partial charge is 0.175 e. The summed E-state index contributed by atoms with van der Waals surface area (Å²) in [6.45, 7) is 4.14. The van der Waals surface area contributed by atoms with Gasteiger partial charge in [-0.05, 0) is 73.6 Å². The SMILES string of the molecule is COc1ccc(NC(=S)Nc2cc(C)cc(C)c2)cc1. The van der Waals surface area contributed by atoms with Crippen molar-refractivity contribution in [1.82, 2.24) is 0 Å². The quantitative estimate of drug-likeness (QED) is 0.832. The molecule has 2 rings (SSSR count). The molecular weight excluding hydrogens is 268 g/mol. The van der Waals surface area contributed by atoms with E-state index in [4.69, 9.17) is 17.0 Å². The Labute approximate surface area is 125 Å². The number of rotatable bonds is 3. The van der Waals surface area contributed by atoms with Gasteiger partial charge in [-0.3, -0.25) is 0 Å². The number of hydrogen-bond donors (Lipinski definition) is 2. The van der Waals surface area contributed by atoms with Crippen LogP contribution in [0, 0.1) is 13.8 Å². The van der Waals surface area contributed by atoms with Crippen LogP contribution < -0.4 is 15.4 Å². The van der Waals surface area contributed by atoms with Crippen LogP contribution in [0.15, 0.2) is 42.5 Å². The van der Waals surface area contributed by atoms with E-state index in [-0.39, 0.29) is 0 Å². The first-order valence-corrected chi connectivity index (χ1v) is 6.78. The molecule has 2 aromatic carbocycles. The van der Waals surface area contributed by atoms with Crippen molar-refractivity contribution in [2.24, 2.45) is 0 Å². The van der Waals surface area contributed by atoms with E-state index in [1.54, 1.807) is 7.11 Å². The zero-order valence-electron chi connectivity index (χ0n) is 11.9. The van der Waals surface area contributed by atoms with Gasteiger partial charge in [0.15, 0.2) is 5.11 Å². The summed E-state index contributed by atoms with van der Waals surface area (Å²) in [6.07, 6.45) is 0. The number of benzene rings is 2. The maximum absolute atomic E-state index is 5.31. The largest absolute Gasteiger partial charge is 0.497 e. The van der Waals surface area contributed by atoms with Crippen LogP contribution in [0.5, 0.6) is 5.75 Å². The highest BCUT2D eigenvalue weighted by atomic mass is 32.1. The molecule has 0 spiro atoms. The minimum Gasteiger partial charge on any atom is -0.497 e. The van der Waals surface area contributed by atoms with Crippen LogP contribution in [-0.2, 0) is 0 Å². The predicted molar refractivity (Wildman–Crippen MR) is 88.8 cm³/mol. The molecule has 0 unspecified atom stereocenters. The average molecular weight is 286 g/mol. The molecule has 0 aliphatic rings. The zero-order chi connectivity index (χ0) is 14.5. The van der Waals surface area contributed by atoms with Gasteiger partial charge in [-0.15, -0.1) is 0 Å². The van der Waals surface area contributed by atoms with Gasteiger partial charge in [-0.1, -0.05) is 6.07 Å². The monoisotopic (exact) mass is 286 g/mol. The summed E-state index contributed by atoms with van der Waals surface area (Å²) in [6, 6.07) is 13.9. The van der Waals surface area contributed by atoms with Crippen molar-refractivity contribution >= 4 is 28.7 Å². The van der Waals surface area contributed by atoms with Gasteiger partial charge in [0.2, 0.25) is 0 Å². The van der Waals surface area contributed by atoms with Crippen molar-refractivity contribution < 1.29 is 4.74 Å². The number of aryl methyl sites for hydroxylation is 2. The number of ether oxygens (including phenoxy) is 1. The number of anilines is 2. The Hall–Kier alpha value is -2.07. The van der Waals surface area contributed by atoms with Crippen LogP contribution >= 0.6 is 12.2 Å². The van der Waals surface area contributed by atoms with E-state index in [2.05, 4.69) is 42.7 Å². The van der Waals surface area contributed by atoms with Gasteiger partial charge < -0.3 is 15.4 Å². The predicted octanol–water partition coefficient (Wildman–Crippen LogP) is 4.12. The third-order valence-corrected chi connectivity index (χ3v) is 3.03. The molecule has 0 aliphatic carbocycles. The van der Waals surface area contributed by atoms with E-state index < -0.39 is 0 Å². The molecule has 104 valence electrons. The lowest BCUT2D eigenvalue weighted by Crippen LogP contribution is -2.19. The van der Waals surface area contributed by atoms with Crippen molar-refractivity contribution in [1.29, 1.82) is 0 Å². The van der Waals surface area contributed by atoms with Crippen molar-refractivity contribution in [3.05, 3.63) is 53.6 Å². The van der Waals surface area contributed by atoms with Crippen molar-refractivity contribution in [2.75, 3.05) is 17.7 Å². The Kier molecular flexibility index (Phi) is 4.58. The molecule has 0 atom stereocenters. The normalized spacial score (nSPS) is 9.95. The van der Waals surface area contributed by atoms with Gasteiger partial charge in [-0.25, -0.2) is 0 Å². The second kappa shape index (κ2) is 6.39. The summed E-state index contributed by atoms with van der Waals surface area (Å²) in [4.78, 5) is 0. The molecule has 0 radical (unpaired) electrons. The molecule has 0 aliphatic heterocycles. The maximum Gasteiger partial charge on any atom is 0.175 e. The van der Waals surface area contributed by atoms with Gasteiger partial charge in [0.05, 0.1) is 7.11 Å². The number of hydrogen-bond acceptors (Lipinski definition) is 2. The first kappa shape index (κ1) is 14.3. The molecule has 0 heterocycles. The van der Waals surface area contributed by atoms with Gasteiger partial charge >= 0.3 is 0 Å². The summed E-state index contributed by atoms with van der Waals surface area (Å²) in [5.74, 6) is 0.823. The molecule has 4 heteroatoms. The Bertz CT molecular complexity index is 588. The summed E-state index contributed by atoms with van der Waals surface area (Å²) < 4.78 is 5.12. The second-order valence-corrected chi connectivity index (χ2v) is 5.09. The topological polar surface area (TPSA) is 33.3 Å². The van der Waals surface area contributed by atoms with Gasteiger partial charge in [0, 0.05) is 11.4 Å². The van der Waals surface area contributed by atoms with Gasteiger partial charge in [0.25, 0.3) is 0 Å². The fourth-order valence-electron chi connectivity index (χ4n) is 2.01. The standard InChI is InChI=1S/C16H18N2OS/c1-11-8-12(2)10-14(9-11)18-16(20)17-13-4-6-15(19-3)7-5-13/h4-10H,1-3H3,(H2,17,18,20). The van der Waals surface area contributed by atoms with E-state index in [0.29, 0.717) is 5.11 Å². The van der Waals surface area contributed by atoms with Crippen LogP contribution in [0.25, 0.3) is 0 Å². The summed E-state index contributed by atoms with van der Waals surface area (Å²) in [5.41, 5.74) is 4.33. The molecular formula is C16H18N2OS. The average Bonchev–Trinajstić information content (AvgIpc) is 2.38. The van der Waals surface area contributed by atoms with Crippen LogP contribution in [0.2, 0.25) is 0 Å². The molecule has 0 amide bonds. The zero-order valence-corrected chi connectivity index (χ0v) is 12.7. The molecule has 0 saturated heterocycles. The molecule has 3 nitrogen and oxygen atoms in total. The van der Waals surface area contributed by atoms with E-state index in [1.807, 2.05) is 24.3 Å². The van der Waals surface area contributed by atoms with E-state index >= 15 is 0 Å².